The van der Waals surface area contributed by atoms with Crippen molar-refractivity contribution >= 4 is 16.9 Å². The Labute approximate surface area is 183 Å². The first kappa shape index (κ1) is 20.1. The highest BCUT2D eigenvalue weighted by atomic mass is 16.5. The second kappa shape index (κ2) is 8.71. The van der Waals surface area contributed by atoms with E-state index in [9.17, 15) is 4.79 Å². The van der Waals surface area contributed by atoms with Crippen LogP contribution >= 0.6 is 0 Å². The first-order valence-corrected chi connectivity index (χ1v) is 11.3. The number of rotatable bonds is 4. The van der Waals surface area contributed by atoms with Crippen LogP contribution in [-0.4, -0.2) is 58.0 Å². The maximum atomic E-state index is 13.0. The highest BCUT2D eigenvalue weighted by Crippen LogP contribution is 2.28. The number of para-hydroxylation sites is 3. The van der Waals surface area contributed by atoms with Gasteiger partial charge in [0, 0.05) is 50.6 Å². The van der Waals surface area contributed by atoms with E-state index in [1.807, 2.05) is 41.3 Å². The average Bonchev–Trinajstić information content (AvgIpc) is 3.15. The lowest BCUT2D eigenvalue weighted by Crippen LogP contribution is -2.41. The van der Waals surface area contributed by atoms with E-state index in [0.717, 1.165) is 68.2 Å². The van der Waals surface area contributed by atoms with Crippen LogP contribution in [0.15, 0.2) is 48.5 Å². The summed E-state index contributed by atoms with van der Waals surface area (Å²) in [4.78, 5) is 25.6. The van der Waals surface area contributed by atoms with Gasteiger partial charge in [0.25, 0.3) is 0 Å². The van der Waals surface area contributed by atoms with Gasteiger partial charge in [0.05, 0.1) is 11.0 Å². The van der Waals surface area contributed by atoms with Crippen molar-refractivity contribution < 1.29 is 9.53 Å². The fourth-order valence-corrected chi connectivity index (χ4v) is 4.85. The molecule has 31 heavy (non-hydrogen) atoms. The van der Waals surface area contributed by atoms with Crippen molar-refractivity contribution in [1.29, 1.82) is 0 Å². The van der Waals surface area contributed by atoms with Crippen LogP contribution in [0.25, 0.3) is 11.0 Å². The molecular formula is C25H30N4O2. The van der Waals surface area contributed by atoms with Crippen LogP contribution in [0.4, 0.5) is 0 Å². The van der Waals surface area contributed by atoms with Crippen molar-refractivity contribution in [2.45, 2.75) is 44.8 Å². The number of aromatic nitrogens is 2. The predicted octanol–water partition coefficient (Wildman–Crippen LogP) is 3.94. The van der Waals surface area contributed by atoms with Crippen molar-refractivity contribution in [2.24, 2.45) is 0 Å². The van der Waals surface area contributed by atoms with Crippen LogP contribution in [0, 0.1) is 0 Å². The highest BCUT2D eigenvalue weighted by Gasteiger charge is 2.27. The van der Waals surface area contributed by atoms with Crippen molar-refractivity contribution in [2.75, 3.05) is 26.2 Å². The van der Waals surface area contributed by atoms with E-state index in [-0.39, 0.29) is 17.9 Å². The highest BCUT2D eigenvalue weighted by molar-refractivity contribution is 5.77. The molecule has 3 heterocycles. The van der Waals surface area contributed by atoms with Gasteiger partial charge in [-0.1, -0.05) is 30.3 Å². The molecule has 0 aliphatic carbocycles. The van der Waals surface area contributed by atoms with Gasteiger partial charge in [-0.3, -0.25) is 9.69 Å². The van der Waals surface area contributed by atoms with Gasteiger partial charge in [0.2, 0.25) is 5.91 Å². The smallest absolute Gasteiger partial charge is 0.223 e. The van der Waals surface area contributed by atoms with Crippen molar-refractivity contribution in [3.63, 3.8) is 0 Å². The van der Waals surface area contributed by atoms with E-state index >= 15 is 0 Å². The largest absolute Gasteiger partial charge is 0.489 e. The van der Waals surface area contributed by atoms with Gasteiger partial charge in [-0.25, -0.2) is 4.98 Å². The Bertz CT molecular complexity index is 1030. The molecule has 3 aromatic rings. The second-order valence-electron chi connectivity index (χ2n) is 8.84. The molecule has 0 saturated carbocycles. The molecule has 5 rings (SSSR count). The quantitative estimate of drug-likeness (QED) is 0.697. The predicted molar refractivity (Wildman–Crippen MR) is 121 cm³/mol. The molecule has 2 aliphatic rings. The third-order valence-electron chi connectivity index (χ3n) is 6.42. The number of hydrogen-bond acceptors (Lipinski definition) is 4. The van der Waals surface area contributed by atoms with Crippen LogP contribution in [0.3, 0.4) is 0 Å². The minimum atomic E-state index is 0.117. The number of ether oxygens (including phenoxy) is 1. The summed E-state index contributed by atoms with van der Waals surface area (Å²) in [5.74, 6) is 2.50. The number of amides is 1. The van der Waals surface area contributed by atoms with Gasteiger partial charge in [-0.05, 0) is 38.0 Å². The summed E-state index contributed by atoms with van der Waals surface area (Å²) in [6.45, 7) is 6.12. The van der Waals surface area contributed by atoms with Gasteiger partial charge in [0.15, 0.2) is 0 Å². The molecule has 2 aromatic carbocycles. The Morgan fingerprint density at radius 1 is 1.16 bits per heavy atom. The SMILES string of the molecule is CC1CN(CCC(=O)N2CCCC(c3nc4ccccc4[nH]3)C2)Cc2ccccc2O1. The standard InChI is InChI=1S/C25H30N4O2/c1-18-15-28(16-19-7-2-5-11-23(19)31-18)14-12-24(30)29-13-6-8-20(17-29)25-26-21-9-3-4-10-22(21)27-25/h2-5,7,9-11,18,20H,6,8,12-17H2,1H3,(H,26,27). The number of nitrogens with one attached hydrogen (secondary N) is 1. The van der Waals surface area contributed by atoms with E-state index in [1.54, 1.807) is 0 Å². The monoisotopic (exact) mass is 418 g/mol. The maximum Gasteiger partial charge on any atom is 0.223 e. The number of carbonyl (C=O) groups is 1. The number of imidazole rings is 1. The summed E-state index contributed by atoms with van der Waals surface area (Å²) in [5.41, 5.74) is 3.26. The van der Waals surface area contributed by atoms with E-state index < -0.39 is 0 Å². The van der Waals surface area contributed by atoms with Crippen molar-refractivity contribution in [3.8, 4) is 5.75 Å². The van der Waals surface area contributed by atoms with Crippen LogP contribution in [-0.2, 0) is 11.3 Å². The van der Waals surface area contributed by atoms with Gasteiger partial charge in [-0.2, -0.15) is 0 Å². The Kier molecular flexibility index (Phi) is 5.64. The number of H-pyrrole nitrogens is 1. The molecular weight excluding hydrogens is 388 g/mol. The molecule has 0 bridgehead atoms. The molecule has 2 aliphatic heterocycles. The van der Waals surface area contributed by atoms with Crippen LogP contribution in [0.1, 0.15) is 43.5 Å². The number of benzene rings is 2. The molecule has 2 unspecified atom stereocenters. The number of likely N-dealkylation sites (tertiary alicyclic amines) is 1. The zero-order valence-corrected chi connectivity index (χ0v) is 18.1. The van der Waals surface area contributed by atoms with E-state index in [1.165, 1.54) is 5.56 Å². The molecule has 1 aromatic heterocycles. The number of piperidine rings is 1. The average molecular weight is 419 g/mol. The van der Waals surface area contributed by atoms with E-state index in [4.69, 9.17) is 9.72 Å². The fraction of sp³-hybridized carbons (Fsp3) is 0.440. The lowest BCUT2D eigenvalue weighted by Gasteiger charge is -2.32. The van der Waals surface area contributed by atoms with Crippen molar-refractivity contribution in [1.82, 2.24) is 19.8 Å². The molecule has 6 heteroatoms. The minimum Gasteiger partial charge on any atom is -0.489 e. The van der Waals surface area contributed by atoms with Gasteiger partial charge in [-0.15, -0.1) is 0 Å². The molecule has 1 saturated heterocycles. The minimum absolute atomic E-state index is 0.117. The summed E-state index contributed by atoms with van der Waals surface area (Å²) in [5, 5.41) is 0. The summed E-state index contributed by atoms with van der Waals surface area (Å²) < 4.78 is 6.05. The van der Waals surface area contributed by atoms with E-state index in [0.29, 0.717) is 6.42 Å². The second-order valence-corrected chi connectivity index (χ2v) is 8.84. The lowest BCUT2D eigenvalue weighted by atomic mass is 9.97. The Balaban J connectivity index is 1.20. The molecule has 162 valence electrons. The molecule has 1 fully saturated rings. The Morgan fingerprint density at radius 2 is 2.00 bits per heavy atom. The number of carbonyl (C=O) groups excluding carboxylic acids is 1. The normalized spacial score (nSPS) is 22.0. The molecule has 2 atom stereocenters. The number of hydrogen-bond donors (Lipinski definition) is 1. The number of aromatic amines is 1. The molecule has 0 spiro atoms. The molecule has 6 nitrogen and oxygen atoms in total. The molecule has 1 N–H and O–H groups in total. The van der Waals surface area contributed by atoms with Gasteiger partial charge < -0.3 is 14.6 Å². The van der Waals surface area contributed by atoms with Crippen molar-refractivity contribution in [3.05, 3.63) is 59.9 Å². The van der Waals surface area contributed by atoms with Crippen LogP contribution in [0.2, 0.25) is 0 Å². The zero-order chi connectivity index (χ0) is 21.2. The summed E-state index contributed by atoms with van der Waals surface area (Å²) in [6.07, 6.45) is 2.75. The van der Waals surface area contributed by atoms with Crippen LogP contribution < -0.4 is 4.74 Å². The molecule has 1 amide bonds. The first-order valence-electron chi connectivity index (χ1n) is 11.3. The Hall–Kier alpha value is -2.86. The zero-order valence-electron chi connectivity index (χ0n) is 18.1. The fourth-order valence-electron chi connectivity index (χ4n) is 4.85. The number of nitrogens with zero attached hydrogens (tertiary/aromatic N) is 3. The Morgan fingerprint density at radius 3 is 2.90 bits per heavy atom. The van der Waals surface area contributed by atoms with E-state index in [2.05, 4.69) is 28.9 Å². The first-order chi connectivity index (χ1) is 15.2. The third-order valence-corrected chi connectivity index (χ3v) is 6.42. The third kappa shape index (κ3) is 4.44. The topological polar surface area (TPSA) is 61.5 Å². The lowest BCUT2D eigenvalue weighted by molar-refractivity contribution is -0.132. The number of fused-ring (bicyclic) bond motifs is 2. The summed E-state index contributed by atoms with van der Waals surface area (Å²) in [7, 11) is 0. The molecule has 0 radical (unpaired) electrons. The summed E-state index contributed by atoms with van der Waals surface area (Å²) in [6, 6.07) is 16.3. The van der Waals surface area contributed by atoms with Gasteiger partial charge >= 0.3 is 0 Å². The maximum absolute atomic E-state index is 13.0. The van der Waals surface area contributed by atoms with Gasteiger partial charge in [0.1, 0.15) is 17.7 Å². The summed E-state index contributed by atoms with van der Waals surface area (Å²) >= 11 is 0. The van der Waals surface area contributed by atoms with Crippen LogP contribution in [0.5, 0.6) is 5.75 Å².